The fraction of sp³-hybridized carbons (Fsp3) is 0.368. The number of hydrogen-bond donors (Lipinski definition) is 1. The van der Waals surface area contributed by atoms with Crippen LogP contribution in [0.15, 0.2) is 35.3 Å². The molecular formula is C19H23N5O. The second kappa shape index (κ2) is 6.27. The number of nitrogens with one attached hydrogen (secondary N) is 1. The maximum absolute atomic E-state index is 11.7. The lowest BCUT2D eigenvalue weighted by Gasteiger charge is -2.27. The van der Waals surface area contributed by atoms with Crippen LogP contribution in [0.5, 0.6) is 0 Å². The Morgan fingerprint density at radius 1 is 1.16 bits per heavy atom. The van der Waals surface area contributed by atoms with Crippen molar-refractivity contribution in [3.05, 3.63) is 63.3 Å². The van der Waals surface area contributed by atoms with E-state index in [1.165, 1.54) is 22.8 Å². The van der Waals surface area contributed by atoms with Crippen LogP contribution in [0.1, 0.15) is 43.3 Å². The van der Waals surface area contributed by atoms with Crippen LogP contribution in [0.2, 0.25) is 0 Å². The fourth-order valence-electron chi connectivity index (χ4n) is 3.12. The van der Waals surface area contributed by atoms with Gasteiger partial charge in [0.05, 0.1) is 17.4 Å². The molecule has 1 N–H and O–H groups in total. The zero-order valence-electron chi connectivity index (χ0n) is 15.3. The van der Waals surface area contributed by atoms with Crippen molar-refractivity contribution in [1.82, 2.24) is 25.0 Å². The molecule has 0 spiro atoms. The van der Waals surface area contributed by atoms with Gasteiger partial charge < -0.3 is 4.98 Å². The molecule has 0 bridgehead atoms. The highest BCUT2D eigenvalue weighted by Gasteiger charge is 2.26. The SMILES string of the molecule is CCc1ccc(C(C)(C)n2cc(-c3cc(=O)[nH]c(C)n3)nn2)c(C)c1. The van der Waals surface area contributed by atoms with Crippen LogP contribution in [0.4, 0.5) is 0 Å². The van der Waals surface area contributed by atoms with Crippen molar-refractivity contribution in [2.75, 3.05) is 0 Å². The summed E-state index contributed by atoms with van der Waals surface area (Å²) in [5.74, 6) is 0.558. The molecule has 3 rings (SSSR count). The number of nitrogens with zero attached hydrogens (tertiary/aromatic N) is 4. The second-order valence-corrected chi connectivity index (χ2v) is 6.83. The predicted octanol–water partition coefficient (Wildman–Crippen LogP) is 2.99. The zero-order valence-corrected chi connectivity index (χ0v) is 15.3. The molecule has 0 unspecified atom stereocenters. The van der Waals surface area contributed by atoms with Crippen molar-refractivity contribution in [2.45, 2.75) is 46.6 Å². The minimum atomic E-state index is -0.363. The van der Waals surface area contributed by atoms with Gasteiger partial charge in [-0.2, -0.15) is 0 Å². The number of benzene rings is 1. The topological polar surface area (TPSA) is 76.5 Å². The van der Waals surface area contributed by atoms with Crippen LogP contribution in [-0.2, 0) is 12.0 Å². The minimum absolute atomic E-state index is 0.192. The number of H-pyrrole nitrogens is 1. The molecule has 6 heteroatoms. The highest BCUT2D eigenvalue weighted by atomic mass is 16.1. The van der Waals surface area contributed by atoms with Crippen molar-refractivity contribution >= 4 is 0 Å². The molecule has 0 aliphatic rings. The molecule has 0 radical (unpaired) electrons. The number of aryl methyl sites for hydroxylation is 3. The summed E-state index contributed by atoms with van der Waals surface area (Å²) in [6, 6.07) is 7.97. The van der Waals surface area contributed by atoms with E-state index in [1.54, 1.807) is 6.92 Å². The Hall–Kier alpha value is -2.76. The lowest BCUT2D eigenvalue weighted by molar-refractivity contribution is 0.378. The lowest BCUT2D eigenvalue weighted by atomic mass is 9.89. The predicted molar refractivity (Wildman–Crippen MR) is 97.6 cm³/mol. The number of rotatable bonds is 4. The summed E-state index contributed by atoms with van der Waals surface area (Å²) in [5.41, 5.74) is 4.30. The molecule has 0 saturated carbocycles. The average Bonchev–Trinajstić information content (AvgIpc) is 3.04. The van der Waals surface area contributed by atoms with E-state index in [4.69, 9.17) is 0 Å². The quantitative estimate of drug-likeness (QED) is 0.794. The maximum atomic E-state index is 11.7. The molecule has 6 nitrogen and oxygen atoms in total. The van der Waals surface area contributed by atoms with Gasteiger partial charge in [-0.3, -0.25) is 4.79 Å². The molecule has 2 aromatic heterocycles. The molecule has 0 atom stereocenters. The third-order valence-corrected chi connectivity index (χ3v) is 4.55. The number of aromatic amines is 1. The van der Waals surface area contributed by atoms with E-state index in [1.807, 2.05) is 10.9 Å². The first-order valence-electron chi connectivity index (χ1n) is 8.42. The van der Waals surface area contributed by atoms with Gasteiger partial charge in [0.1, 0.15) is 11.5 Å². The van der Waals surface area contributed by atoms with E-state index in [2.05, 4.69) is 66.2 Å². The van der Waals surface area contributed by atoms with Crippen LogP contribution in [-0.4, -0.2) is 25.0 Å². The standard InChI is InChI=1S/C19H23N5O/c1-6-14-7-8-15(12(2)9-14)19(4,5)24-11-17(22-23-24)16-10-18(25)21-13(3)20-16/h7-11H,6H2,1-5H3,(H,20,21,25). The van der Waals surface area contributed by atoms with E-state index in [9.17, 15) is 4.79 Å². The monoisotopic (exact) mass is 337 g/mol. The van der Waals surface area contributed by atoms with Gasteiger partial charge in [0.2, 0.25) is 0 Å². The van der Waals surface area contributed by atoms with Crippen molar-refractivity contribution in [1.29, 1.82) is 0 Å². The number of hydrogen-bond acceptors (Lipinski definition) is 4. The Kier molecular flexibility index (Phi) is 4.29. The summed E-state index contributed by atoms with van der Waals surface area (Å²) in [7, 11) is 0. The van der Waals surface area contributed by atoms with Crippen molar-refractivity contribution in [3.63, 3.8) is 0 Å². The first kappa shape index (κ1) is 17.1. The van der Waals surface area contributed by atoms with Crippen LogP contribution < -0.4 is 5.56 Å². The van der Waals surface area contributed by atoms with Gasteiger partial charge in [0.25, 0.3) is 5.56 Å². The normalized spacial score (nSPS) is 11.7. The summed E-state index contributed by atoms with van der Waals surface area (Å²) in [4.78, 5) is 18.6. The maximum Gasteiger partial charge on any atom is 0.251 e. The van der Waals surface area contributed by atoms with E-state index < -0.39 is 0 Å². The molecule has 1 aromatic carbocycles. The van der Waals surface area contributed by atoms with Crippen LogP contribution in [0.25, 0.3) is 11.4 Å². The van der Waals surface area contributed by atoms with Crippen molar-refractivity contribution in [2.24, 2.45) is 0 Å². The summed E-state index contributed by atoms with van der Waals surface area (Å²) >= 11 is 0. The van der Waals surface area contributed by atoms with Gasteiger partial charge >= 0.3 is 0 Å². The Bertz CT molecular complexity index is 968. The lowest BCUT2D eigenvalue weighted by Crippen LogP contribution is -2.29. The highest BCUT2D eigenvalue weighted by molar-refractivity contribution is 5.51. The summed E-state index contributed by atoms with van der Waals surface area (Å²) < 4.78 is 1.83. The zero-order chi connectivity index (χ0) is 18.2. The van der Waals surface area contributed by atoms with Crippen molar-refractivity contribution < 1.29 is 0 Å². The van der Waals surface area contributed by atoms with E-state index in [-0.39, 0.29) is 11.1 Å². The summed E-state index contributed by atoms with van der Waals surface area (Å²) in [5, 5.41) is 8.52. The molecule has 25 heavy (non-hydrogen) atoms. The molecule has 0 fully saturated rings. The van der Waals surface area contributed by atoms with Crippen molar-refractivity contribution in [3.8, 4) is 11.4 Å². The smallest absolute Gasteiger partial charge is 0.251 e. The average molecular weight is 337 g/mol. The third kappa shape index (κ3) is 3.24. The molecule has 3 aromatic rings. The fourth-order valence-corrected chi connectivity index (χ4v) is 3.12. The molecule has 0 aliphatic carbocycles. The largest absolute Gasteiger partial charge is 0.311 e. The molecular weight excluding hydrogens is 314 g/mol. The van der Waals surface area contributed by atoms with Gasteiger partial charge in [0.15, 0.2) is 0 Å². The Labute approximate surface area is 146 Å². The molecule has 2 heterocycles. The molecule has 130 valence electrons. The van der Waals surface area contributed by atoms with Gasteiger partial charge in [-0.15, -0.1) is 5.10 Å². The Morgan fingerprint density at radius 3 is 2.56 bits per heavy atom. The van der Waals surface area contributed by atoms with E-state index >= 15 is 0 Å². The summed E-state index contributed by atoms with van der Waals surface area (Å²) in [6.45, 7) is 10.2. The van der Waals surface area contributed by atoms with Crippen LogP contribution in [0.3, 0.4) is 0 Å². The van der Waals surface area contributed by atoms with Gasteiger partial charge in [0, 0.05) is 6.07 Å². The van der Waals surface area contributed by atoms with Gasteiger partial charge in [-0.1, -0.05) is 30.3 Å². The van der Waals surface area contributed by atoms with Gasteiger partial charge in [-0.05, 0) is 50.8 Å². The van der Waals surface area contributed by atoms with Gasteiger partial charge in [-0.25, -0.2) is 9.67 Å². The Balaban J connectivity index is 2.02. The second-order valence-electron chi connectivity index (χ2n) is 6.83. The van der Waals surface area contributed by atoms with Crippen LogP contribution in [0, 0.1) is 13.8 Å². The molecule has 0 aliphatic heterocycles. The molecule has 0 amide bonds. The highest BCUT2D eigenvalue weighted by Crippen LogP contribution is 2.29. The van der Waals surface area contributed by atoms with E-state index in [0.29, 0.717) is 17.2 Å². The Morgan fingerprint density at radius 2 is 1.92 bits per heavy atom. The minimum Gasteiger partial charge on any atom is -0.311 e. The molecule has 0 saturated heterocycles. The first-order valence-corrected chi connectivity index (χ1v) is 8.42. The number of aromatic nitrogens is 5. The van der Waals surface area contributed by atoms with E-state index in [0.717, 1.165) is 6.42 Å². The van der Waals surface area contributed by atoms with Crippen LogP contribution >= 0.6 is 0 Å². The third-order valence-electron chi connectivity index (χ3n) is 4.55. The summed E-state index contributed by atoms with van der Waals surface area (Å²) in [6.07, 6.45) is 2.86. The first-order chi connectivity index (χ1) is 11.8.